The molecule has 1 N–H and O–H groups in total. The van der Waals surface area contributed by atoms with Crippen LogP contribution in [-0.4, -0.2) is 16.9 Å². The molecule has 0 saturated carbocycles. The van der Waals surface area contributed by atoms with Crippen LogP contribution in [0.1, 0.15) is 22.0 Å². The number of anilines is 1. The predicted molar refractivity (Wildman–Crippen MR) is 93.9 cm³/mol. The molecule has 0 aliphatic rings. The second kappa shape index (κ2) is 8.02. The van der Waals surface area contributed by atoms with Gasteiger partial charge in [0.2, 0.25) is 6.10 Å². The van der Waals surface area contributed by atoms with Crippen LogP contribution in [0.4, 0.5) is 10.1 Å². The predicted octanol–water partition coefficient (Wildman–Crippen LogP) is 3.76. The van der Waals surface area contributed by atoms with Crippen molar-refractivity contribution in [3.05, 3.63) is 96.1 Å². The zero-order chi connectivity index (χ0) is 18.4. The number of nitrogens with one attached hydrogen (secondary N) is 1. The van der Waals surface area contributed by atoms with Gasteiger partial charge in [-0.25, -0.2) is 9.18 Å². The van der Waals surface area contributed by atoms with Crippen LogP contribution >= 0.6 is 0 Å². The maximum atomic E-state index is 13.0. The molecule has 0 saturated heterocycles. The zero-order valence-electron chi connectivity index (χ0n) is 13.6. The van der Waals surface area contributed by atoms with Gasteiger partial charge in [-0.1, -0.05) is 30.3 Å². The third-order valence-electron chi connectivity index (χ3n) is 3.57. The lowest BCUT2D eigenvalue weighted by atomic mass is 10.1. The van der Waals surface area contributed by atoms with E-state index in [2.05, 4.69) is 10.3 Å². The Kier molecular flexibility index (Phi) is 5.34. The van der Waals surface area contributed by atoms with Gasteiger partial charge < -0.3 is 10.1 Å². The Labute approximate surface area is 149 Å². The van der Waals surface area contributed by atoms with Crippen LogP contribution in [0.5, 0.6) is 0 Å². The summed E-state index contributed by atoms with van der Waals surface area (Å²) in [4.78, 5) is 28.9. The first-order chi connectivity index (χ1) is 12.6. The number of hydrogen-bond donors (Lipinski definition) is 1. The molecule has 0 radical (unpaired) electrons. The summed E-state index contributed by atoms with van der Waals surface area (Å²) in [5, 5.41) is 2.63. The first-order valence-corrected chi connectivity index (χ1v) is 7.86. The summed E-state index contributed by atoms with van der Waals surface area (Å²) >= 11 is 0. The summed E-state index contributed by atoms with van der Waals surface area (Å²) in [5.41, 5.74) is 1.15. The average Bonchev–Trinajstić information content (AvgIpc) is 2.69. The summed E-state index contributed by atoms with van der Waals surface area (Å²) in [6, 6.07) is 17.1. The second-order valence-electron chi connectivity index (χ2n) is 5.43. The van der Waals surface area contributed by atoms with E-state index in [4.69, 9.17) is 4.74 Å². The van der Waals surface area contributed by atoms with Gasteiger partial charge in [-0.2, -0.15) is 0 Å². The fraction of sp³-hybridized carbons (Fsp3) is 0.0500. The highest BCUT2D eigenvalue weighted by molar-refractivity contribution is 5.98. The van der Waals surface area contributed by atoms with Crippen LogP contribution < -0.4 is 5.32 Å². The lowest BCUT2D eigenvalue weighted by molar-refractivity contribution is -0.125. The molecule has 5 nitrogen and oxygen atoms in total. The molecule has 1 atom stereocenters. The van der Waals surface area contributed by atoms with Gasteiger partial charge in [-0.05, 0) is 36.4 Å². The number of halogens is 1. The lowest BCUT2D eigenvalue weighted by Gasteiger charge is -2.18. The number of aromatic nitrogens is 1. The topological polar surface area (TPSA) is 68.3 Å². The van der Waals surface area contributed by atoms with Gasteiger partial charge in [-0.15, -0.1) is 0 Å². The van der Waals surface area contributed by atoms with Crippen molar-refractivity contribution in [1.82, 2.24) is 4.98 Å². The Hall–Kier alpha value is -3.54. The second-order valence-corrected chi connectivity index (χ2v) is 5.43. The van der Waals surface area contributed by atoms with E-state index < -0.39 is 23.8 Å². The fourth-order valence-corrected chi connectivity index (χ4v) is 2.30. The molecule has 3 rings (SSSR count). The van der Waals surface area contributed by atoms with Crippen molar-refractivity contribution in [1.29, 1.82) is 0 Å². The fourth-order valence-electron chi connectivity index (χ4n) is 2.30. The quantitative estimate of drug-likeness (QED) is 0.712. The zero-order valence-corrected chi connectivity index (χ0v) is 13.6. The molecule has 1 aromatic heterocycles. The average molecular weight is 350 g/mol. The van der Waals surface area contributed by atoms with Gasteiger partial charge in [0.05, 0.1) is 5.56 Å². The summed E-state index contributed by atoms with van der Waals surface area (Å²) in [6.07, 6.45) is 1.74. The van der Waals surface area contributed by atoms with E-state index >= 15 is 0 Å². The number of rotatable bonds is 5. The molecule has 26 heavy (non-hydrogen) atoms. The molecule has 0 spiro atoms. The summed E-state index contributed by atoms with van der Waals surface area (Å²) < 4.78 is 18.4. The highest BCUT2D eigenvalue weighted by Crippen LogP contribution is 2.21. The van der Waals surface area contributed by atoms with Gasteiger partial charge in [0, 0.05) is 23.6 Å². The number of esters is 1. The third kappa shape index (κ3) is 4.30. The van der Waals surface area contributed by atoms with E-state index in [0.29, 0.717) is 11.3 Å². The normalized spacial score (nSPS) is 11.4. The SMILES string of the molecule is O=C(O[C@@H](C(=O)Nc1ccc(F)cc1)c1ccccc1)c1cccnc1. The van der Waals surface area contributed by atoms with Crippen LogP contribution in [0.2, 0.25) is 0 Å². The molecule has 0 unspecified atom stereocenters. The Morgan fingerprint density at radius 1 is 0.962 bits per heavy atom. The molecule has 0 bridgehead atoms. The van der Waals surface area contributed by atoms with Crippen molar-refractivity contribution < 1.29 is 18.7 Å². The Morgan fingerprint density at radius 2 is 1.69 bits per heavy atom. The molecule has 2 aromatic carbocycles. The van der Waals surface area contributed by atoms with Gasteiger partial charge in [0.25, 0.3) is 5.91 Å². The molecule has 0 aliphatic carbocycles. The highest BCUT2D eigenvalue weighted by Gasteiger charge is 2.25. The minimum absolute atomic E-state index is 0.239. The van der Waals surface area contributed by atoms with Gasteiger partial charge in [0.1, 0.15) is 5.82 Å². The van der Waals surface area contributed by atoms with E-state index in [1.54, 1.807) is 42.5 Å². The highest BCUT2D eigenvalue weighted by atomic mass is 19.1. The number of pyridine rings is 1. The molecular weight excluding hydrogens is 335 g/mol. The van der Waals surface area contributed by atoms with Crippen LogP contribution in [0.3, 0.4) is 0 Å². The minimum atomic E-state index is -1.16. The van der Waals surface area contributed by atoms with E-state index in [1.165, 1.54) is 36.7 Å². The first-order valence-electron chi connectivity index (χ1n) is 7.86. The van der Waals surface area contributed by atoms with Crippen LogP contribution in [0.15, 0.2) is 79.1 Å². The number of benzene rings is 2. The van der Waals surface area contributed by atoms with Gasteiger partial charge in [0.15, 0.2) is 0 Å². The Bertz CT molecular complexity index is 884. The van der Waals surface area contributed by atoms with Crippen LogP contribution in [0, 0.1) is 5.82 Å². The van der Waals surface area contributed by atoms with Crippen molar-refractivity contribution in [2.75, 3.05) is 5.32 Å². The first kappa shape index (κ1) is 17.3. The summed E-state index contributed by atoms with van der Waals surface area (Å²) in [5.74, 6) is -1.62. The number of carbonyl (C=O) groups is 2. The standard InChI is InChI=1S/C20H15FN2O3/c21-16-8-10-17(11-9-16)23-19(24)18(14-5-2-1-3-6-14)26-20(25)15-7-4-12-22-13-15/h1-13,18H,(H,23,24)/t18-/m1/s1. The third-order valence-corrected chi connectivity index (χ3v) is 3.57. The molecule has 0 fully saturated rings. The maximum absolute atomic E-state index is 13.0. The van der Waals surface area contributed by atoms with E-state index in [9.17, 15) is 14.0 Å². The molecule has 3 aromatic rings. The lowest BCUT2D eigenvalue weighted by Crippen LogP contribution is -2.26. The van der Waals surface area contributed by atoms with Crippen molar-refractivity contribution >= 4 is 17.6 Å². The van der Waals surface area contributed by atoms with Gasteiger partial charge in [-0.3, -0.25) is 9.78 Å². The number of hydrogen-bond acceptors (Lipinski definition) is 4. The Morgan fingerprint density at radius 3 is 2.35 bits per heavy atom. The molecular formula is C20H15FN2O3. The summed E-state index contributed by atoms with van der Waals surface area (Å²) in [7, 11) is 0. The Balaban J connectivity index is 1.82. The largest absolute Gasteiger partial charge is 0.444 e. The van der Waals surface area contributed by atoms with Gasteiger partial charge >= 0.3 is 5.97 Å². The van der Waals surface area contributed by atoms with Crippen molar-refractivity contribution in [2.24, 2.45) is 0 Å². The number of carbonyl (C=O) groups excluding carboxylic acids is 2. The molecule has 0 aliphatic heterocycles. The molecule has 130 valence electrons. The van der Waals surface area contributed by atoms with E-state index in [0.717, 1.165) is 0 Å². The number of amides is 1. The van der Waals surface area contributed by atoms with Crippen LogP contribution in [-0.2, 0) is 9.53 Å². The molecule has 1 amide bonds. The number of nitrogens with zero attached hydrogens (tertiary/aromatic N) is 1. The minimum Gasteiger partial charge on any atom is -0.444 e. The maximum Gasteiger partial charge on any atom is 0.340 e. The monoisotopic (exact) mass is 350 g/mol. The van der Waals surface area contributed by atoms with E-state index in [1.807, 2.05) is 0 Å². The van der Waals surface area contributed by atoms with Crippen LogP contribution in [0.25, 0.3) is 0 Å². The van der Waals surface area contributed by atoms with Crippen molar-refractivity contribution in [2.45, 2.75) is 6.10 Å². The van der Waals surface area contributed by atoms with Crippen molar-refractivity contribution in [3.63, 3.8) is 0 Å². The molecule has 1 heterocycles. The summed E-state index contributed by atoms with van der Waals surface area (Å²) in [6.45, 7) is 0. The molecule has 6 heteroatoms. The number of ether oxygens (including phenoxy) is 1. The van der Waals surface area contributed by atoms with Crippen molar-refractivity contribution in [3.8, 4) is 0 Å². The smallest absolute Gasteiger partial charge is 0.340 e. The van der Waals surface area contributed by atoms with E-state index in [-0.39, 0.29) is 5.56 Å².